The highest BCUT2D eigenvalue weighted by molar-refractivity contribution is 8.01. The first-order valence-corrected chi connectivity index (χ1v) is 7.05. The van der Waals surface area contributed by atoms with Crippen LogP contribution >= 0.6 is 34.7 Å². The molecule has 2 aromatic rings. The molecule has 4 nitrogen and oxygen atoms in total. The van der Waals surface area contributed by atoms with E-state index in [1.807, 2.05) is 24.3 Å². The van der Waals surface area contributed by atoms with Crippen molar-refractivity contribution in [1.82, 2.24) is 10.2 Å². The van der Waals surface area contributed by atoms with E-state index in [1.54, 1.807) is 0 Å². The molecular formula is C10H10ClN3OS2. The van der Waals surface area contributed by atoms with Crippen LogP contribution in [0.1, 0.15) is 0 Å². The van der Waals surface area contributed by atoms with Gasteiger partial charge >= 0.3 is 0 Å². The Kier molecular flexibility index (Phi) is 4.61. The van der Waals surface area contributed by atoms with E-state index >= 15 is 0 Å². The summed E-state index contributed by atoms with van der Waals surface area (Å²) in [7, 11) is 0. The summed E-state index contributed by atoms with van der Waals surface area (Å²) in [6.07, 6.45) is 0. The summed E-state index contributed by atoms with van der Waals surface area (Å²) in [5.41, 5.74) is 0.882. The normalized spacial score (nSPS) is 10.5. The van der Waals surface area contributed by atoms with E-state index in [-0.39, 0.29) is 6.61 Å². The molecule has 0 fully saturated rings. The molecule has 0 saturated heterocycles. The van der Waals surface area contributed by atoms with Gasteiger partial charge in [-0.3, -0.25) is 0 Å². The number of hydrogen-bond acceptors (Lipinski definition) is 6. The molecule has 7 heteroatoms. The minimum Gasteiger partial charge on any atom is -0.396 e. The van der Waals surface area contributed by atoms with E-state index in [1.165, 1.54) is 23.1 Å². The molecule has 17 heavy (non-hydrogen) atoms. The van der Waals surface area contributed by atoms with Crippen LogP contribution in [0.5, 0.6) is 0 Å². The number of nitrogens with zero attached hydrogens (tertiary/aromatic N) is 2. The van der Waals surface area contributed by atoms with Gasteiger partial charge in [0, 0.05) is 16.5 Å². The third-order valence-electron chi connectivity index (χ3n) is 1.80. The summed E-state index contributed by atoms with van der Waals surface area (Å²) in [5, 5.41) is 21.2. The van der Waals surface area contributed by atoms with E-state index in [0.717, 1.165) is 10.0 Å². The highest BCUT2D eigenvalue weighted by Gasteiger charge is 2.04. The molecule has 0 aliphatic heterocycles. The van der Waals surface area contributed by atoms with E-state index in [9.17, 15) is 0 Å². The Morgan fingerprint density at radius 1 is 1.41 bits per heavy atom. The number of aliphatic hydroxyl groups is 1. The number of rotatable bonds is 5. The molecule has 0 atom stereocenters. The van der Waals surface area contributed by atoms with Crippen molar-refractivity contribution in [2.45, 2.75) is 4.34 Å². The number of thioether (sulfide) groups is 1. The van der Waals surface area contributed by atoms with Gasteiger partial charge in [-0.15, -0.1) is 10.2 Å². The largest absolute Gasteiger partial charge is 0.396 e. The summed E-state index contributed by atoms with van der Waals surface area (Å²) in [4.78, 5) is 0. The molecule has 0 amide bonds. The van der Waals surface area contributed by atoms with Gasteiger partial charge in [-0.2, -0.15) is 0 Å². The van der Waals surface area contributed by atoms with Crippen molar-refractivity contribution in [2.24, 2.45) is 0 Å². The highest BCUT2D eigenvalue weighted by atomic mass is 35.5. The van der Waals surface area contributed by atoms with Gasteiger partial charge in [0.2, 0.25) is 5.13 Å². The van der Waals surface area contributed by atoms with Crippen molar-refractivity contribution >= 4 is 45.5 Å². The molecule has 1 heterocycles. The van der Waals surface area contributed by atoms with Crippen LogP contribution in [0.4, 0.5) is 10.8 Å². The Morgan fingerprint density at radius 3 is 3.06 bits per heavy atom. The van der Waals surface area contributed by atoms with E-state index in [0.29, 0.717) is 15.9 Å². The molecule has 0 saturated carbocycles. The number of hydrogen-bond donors (Lipinski definition) is 2. The fourth-order valence-corrected chi connectivity index (χ4v) is 2.92. The van der Waals surface area contributed by atoms with Gasteiger partial charge in [0.1, 0.15) is 0 Å². The SMILES string of the molecule is OCCSc1nnc(Nc2cccc(Cl)c2)s1. The molecule has 1 aromatic heterocycles. The Morgan fingerprint density at radius 2 is 2.29 bits per heavy atom. The number of aromatic nitrogens is 2. The molecule has 0 aliphatic rings. The molecular weight excluding hydrogens is 278 g/mol. The predicted molar refractivity (Wildman–Crippen MR) is 72.5 cm³/mol. The van der Waals surface area contributed by atoms with E-state index in [4.69, 9.17) is 16.7 Å². The maximum absolute atomic E-state index is 8.71. The molecule has 0 bridgehead atoms. The lowest BCUT2D eigenvalue weighted by atomic mass is 10.3. The molecule has 1 aromatic carbocycles. The lowest BCUT2D eigenvalue weighted by Crippen LogP contribution is -1.88. The predicted octanol–water partition coefficient (Wildman–Crippen LogP) is 3.02. The van der Waals surface area contributed by atoms with Gasteiger partial charge in [0.25, 0.3) is 0 Å². The quantitative estimate of drug-likeness (QED) is 0.828. The third kappa shape index (κ3) is 3.85. The van der Waals surface area contributed by atoms with Crippen LogP contribution in [0.3, 0.4) is 0 Å². The van der Waals surface area contributed by atoms with Gasteiger partial charge in [-0.05, 0) is 18.2 Å². The van der Waals surface area contributed by atoms with E-state index < -0.39 is 0 Å². The average molecular weight is 288 g/mol. The first kappa shape index (κ1) is 12.6. The molecule has 90 valence electrons. The van der Waals surface area contributed by atoms with Crippen molar-refractivity contribution in [3.05, 3.63) is 29.3 Å². The summed E-state index contributed by atoms with van der Waals surface area (Å²) in [6, 6.07) is 7.42. The molecule has 2 N–H and O–H groups in total. The second-order valence-corrected chi connectivity index (χ2v) is 5.84. The van der Waals surface area contributed by atoms with E-state index in [2.05, 4.69) is 15.5 Å². The Labute approximate surface area is 112 Å². The molecule has 2 rings (SSSR count). The summed E-state index contributed by atoms with van der Waals surface area (Å²) < 4.78 is 0.837. The lowest BCUT2D eigenvalue weighted by molar-refractivity contribution is 0.322. The van der Waals surface area contributed by atoms with Crippen LogP contribution in [-0.2, 0) is 0 Å². The van der Waals surface area contributed by atoms with Gasteiger partial charge in [-0.1, -0.05) is 40.8 Å². The van der Waals surface area contributed by atoms with Crippen molar-refractivity contribution in [2.75, 3.05) is 17.7 Å². The lowest BCUT2D eigenvalue weighted by Gasteiger charge is -2.00. The highest BCUT2D eigenvalue weighted by Crippen LogP contribution is 2.27. The number of anilines is 2. The van der Waals surface area contributed by atoms with Crippen LogP contribution < -0.4 is 5.32 Å². The van der Waals surface area contributed by atoms with Crippen LogP contribution in [-0.4, -0.2) is 27.7 Å². The summed E-state index contributed by atoms with van der Waals surface area (Å²) in [6.45, 7) is 0.140. The van der Waals surface area contributed by atoms with Crippen molar-refractivity contribution in [3.63, 3.8) is 0 Å². The Bertz CT molecular complexity index is 492. The first-order valence-electron chi connectivity index (χ1n) is 4.87. The average Bonchev–Trinajstić information content (AvgIpc) is 2.74. The standard InChI is InChI=1S/C10H10ClN3OS2/c11-7-2-1-3-8(6-7)12-9-13-14-10(17-9)16-5-4-15/h1-3,6,15H,4-5H2,(H,12,13). The number of aliphatic hydroxyl groups excluding tert-OH is 1. The summed E-state index contributed by atoms with van der Waals surface area (Å²) in [5.74, 6) is 0.631. The topological polar surface area (TPSA) is 58.0 Å². The number of benzene rings is 1. The van der Waals surface area contributed by atoms with Crippen LogP contribution in [0.2, 0.25) is 5.02 Å². The Hall–Kier alpha value is -0.820. The fourth-order valence-electron chi connectivity index (χ4n) is 1.14. The fraction of sp³-hybridized carbons (Fsp3) is 0.200. The number of nitrogens with one attached hydrogen (secondary N) is 1. The zero-order valence-electron chi connectivity index (χ0n) is 8.76. The van der Waals surface area contributed by atoms with Gasteiger partial charge in [0.15, 0.2) is 4.34 Å². The monoisotopic (exact) mass is 287 g/mol. The van der Waals surface area contributed by atoms with Crippen LogP contribution in [0.15, 0.2) is 28.6 Å². The molecule has 0 unspecified atom stereocenters. The van der Waals surface area contributed by atoms with Crippen LogP contribution in [0, 0.1) is 0 Å². The number of halogens is 1. The minimum atomic E-state index is 0.140. The first-order chi connectivity index (χ1) is 8.28. The van der Waals surface area contributed by atoms with Crippen molar-refractivity contribution in [3.8, 4) is 0 Å². The maximum Gasteiger partial charge on any atom is 0.210 e. The van der Waals surface area contributed by atoms with Gasteiger partial charge < -0.3 is 10.4 Å². The van der Waals surface area contributed by atoms with Crippen LogP contribution in [0.25, 0.3) is 0 Å². The molecule has 0 aliphatic carbocycles. The van der Waals surface area contributed by atoms with Crippen molar-refractivity contribution in [1.29, 1.82) is 0 Å². The second kappa shape index (κ2) is 6.20. The van der Waals surface area contributed by atoms with Gasteiger partial charge in [-0.25, -0.2) is 0 Å². The van der Waals surface area contributed by atoms with Crippen molar-refractivity contribution < 1.29 is 5.11 Å². The summed E-state index contributed by atoms with van der Waals surface area (Å²) >= 11 is 8.81. The second-order valence-electron chi connectivity index (χ2n) is 3.08. The Balaban J connectivity index is 2.01. The van der Waals surface area contributed by atoms with Gasteiger partial charge in [0.05, 0.1) is 6.61 Å². The third-order valence-corrected chi connectivity index (χ3v) is 3.99. The smallest absolute Gasteiger partial charge is 0.210 e. The molecule has 0 spiro atoms. The molecule has 0 radical (unpaired) electrons. The zero-order valence-corrected chi connectivity index (χ0v) is 11.1. The maximum atomic E-state index is 8.71. The zero-order chi connectivity index (χ0) is 12.1. The minimum absolute atomic E-state index is 0.140.